The highest BCUT2D eigenvalue weighted by Crippen LogP contribution is 2.21. The van der Waals surface area contributed by atoms with Crippen molar-refractivity contribution in [2.75, 3.05) is 12.8 Å². The second-order valence-corrected chi connectivity index (χ2v) is 7.00. The first-order valence-electron chi connectivity index (χ1n) is 3.66. The first-order chi connectivity index (χ1) is 5.97. The van der Waals surface area contributed by atoms with Gasteiger partial charge in [0.25, 0.3) is 0 Å². The Morgan fingerprint density at radius 3 is 2.69 bits per heavy atom. The summed E-state index contributed by atoms with van der Waals surface area (Å²) in [6.45, 7) is 0.464. The van der Waals surface area contributed by atoms with E-state index in [2.05, 4.69) is 20.7 Å². The fraction of sp³-hybridized carbons (Fsp3) is 0.429. The van der Waals surface area contributed by atoms with Crippen molar-refractivity contribution in [1.82, 2.24) is 4.72 Å². The molecule has 0 atom stereocenters. The molecule has 1 aromatic rings. The van der Waals surface area contributed by atoms with Crippen molar-refractivity contribution in [3.8, 4) is 0 Å². The minimum atomic E-state index is -3.04. The van der Waals surface area contributed by atoms with Crippen molar-refractivity contribution in [3.05, 3.63) is 20.8 Å². The predicted octanol–water partition coefficient (Wildman–Crippen LogP) is 1.60. The normalized spacial score (nSPS) is 11.8. The van der Waals surface area contributed by atoms with Gasteiger partial charge in [-0.25, -0.2) is 13.1 Å². The Labute approximate surface area is 90.3 Å². The standard InChI is InChI=1S/C7H10BrNO2S2/c1-13(10,11)9-5-4-6-2-3-7(8)12-6/h2-3,9H,4-5H2,1H3. The van der Waals surface area contributed by atoms with Crippen molar-refractivity contribution >= 4 is 37.3 Å². The van der Waals surface area contributed by atoms with Gasteiger partial charge >= 0.3 is 0 Å². The Balaban J connectivity index is 2.36. The molecule has 0 aliphatic rings. The van der Waals surface area contributed by atoms with Crippen LogP contribution in [0.15, 0.2) is 15.9 Å². The molecule has 0 amide bonds. The van der Waals surface area contributed by atoms with Crippen LogP contribution in [0.3, 0.4) is 0 Å². The fourth-order valence-electron chi connectivity index (χ4n) is 0.846. The van der Waals surface area contributed by atoms with Crippen LogP contribution in [-0.2, 0) is 16.4 Å². The zero-order valence-electron chi connectivity index (χ0n) is 7.08. The van der Waals surface area contributed by atoms with E-state index in [0.717, 1.165) is 16.5 Å². The van der Waals surface area contributed by atoms with Crippen molar-refractivity contribution in [2.45, 2.75) is 6.42 Å². The molecule has 0 aliphatic heterocycles. The van der Waals surface area contributed by atoms with Crippen molar-refractivity contribution in [1.29, 1.82) is 0 Å². The van der Waals surface area contributed by atoms with Gasteiger partial charge in [0.2, 0.25) is 10.0 Å². The van der Waals surface area contributed by atoms with Crippen LogP contribution < -0.4 is 4.72 Å². The van der Waals surface area contributed by atoms with Crippen LogP contribution in [0, 0.1) is 0 Å². The lowest BCUT2D eigenvalue weighted by atomic mass is 10.3. The zero-order chi connectivity index (χ0) is 9.90. The lowest BCUT2D eigenvalue weighted by Gasteiger charge is -1.99. The van der Waals surface area contributed by atoms with Crippen LogP contribution in [0.1, 0.15) is 4.88 Å². The number of thiophene rings is 1. The van der Waals surface area contributed by atoms with Crippen molar-refractivity contribution in [3.63, 3.8) is 0 Å². The Bertz CT molecular complexity index is 372. The summed E-state index contributed by atoms with van der Waals surface area (Å²) in [6, 6.07) is 3.94. The molecule has 0 aromatic carbocycles. The van der Waals surface area contributed by atoms with Gasteiger partial charge in [-0.2, -0.15) is 0 Å². The summed E-state index contributed by atoms with van der Waals surface area (Å²) in [6.07, 6.45) is 1.90. The molecule has 0 saturated heterocycles. The molecule has 1 rings (SSSR count). The predicted molar refractivity (Wildman–Crippen MR) is 58.6 cm³/mol. The number of rotatable bonds is 4. The third-order valence-corrected chi connectivity index (χ3v) is 3.78. The van der Waals surface area contributed by atoms with Crippen LogP contribution >= 0.6 is 27.3 Å². The molecule has 1 N–H and O–H groups in total. The highest BCUT2D eigenvalue weighted by atomic mass is 79.9. The van der Waals surface area contributed by atoms with E-state index in [1.165, 1.54) is 4.88 Å². The smallest absolute Gasteiger partial charge is 0.208 e. The maximum atomic E-state index is 10.7. The highest BCUT2D eigenvalue weighted by Gasteiger charge is 2.01. The summed E-state index contributed by atoms with van der Waals surface area (Å²) >= 11 is 4.96. The first kappa shape index (κ1) is 11.2. The summed E-state index contributed by atoms with van der Waals surface area (Å²) in [5.41, 5.74) is 0. The van der Waals surface area contributed by atoms with Crippen LogP contribution in [0.25, 0.3) is 0 Å². The summed E-state index contributed by atoms with van der Waals surface area (Å²) in [5.74, 6) is 0. The molecular weight excluding hydrogens is 274 g/mol. The molecule has 13 heavy (non-hydrogen) atoms. The van der Waals surface area contributed by atoms with E-state index < -0.39 is 10.0 Å². The number of nitrogens with one attached hydrogen (secondary N) is 1. The maximum absolute atomic E-state index is 10.7. The van der Waals surface area contributed by atoms with Crippen LogP contribution in [0.4, 0.5) is 0 Å². The van der Waals surface area contributed by atoms with E-state index in [9.17, 15) is 8.42 Å². The van der Waals surface area contributed by atoms with E-state index in [-0.39, 0.29) is 0 Å². The molecular formula is C7H10BrNO2S2. The van der Waals surface area contributed by atoms with Gasteiger partial charge in [-0.1, -0.05) is 0 Å². The van der Waals surface area contributed by atoms with Gasteiger partial charge < -0.3 is 0 Å². The molecule has 1 heterocycles. The SMILES string of the molecule is CS(=O)(=O)NCCc1ccc(Br)s1. The number of hydrogen-bond donors (Lipinski definition) is 1. The van der Waals surface area contributed by atoms with E-state index in [0.29, 0.717) is 6.54 Å². The summed E-state index contributed by atoms with van der Waals surface area (Å²) in [5, 5.41) is 0. The molecule has 0 fully saturated rings. The Hall–Kier alpha value is 0.0900. The summed E-state index contributed by atoms with van der Waals surface area (Å²) in [7, 11) is -3.04. The first-order valence-corrected chi connectivity index (χ1v) is 7.16. The summed E-state index contributed by atoms with van der Waals surface area (Å²) < 4.78 is 24.9. The number of halogens is 1. The van der Waals surface area contributed by atoms with Gasteiger partial charge in [-0.05, 0) is 34.5 Å². The number of sulfonamides is 1. The second-order valence-electron chi connectivity index (χ2n) is 2.62. The van der Waals surface area contributed by atoms with Crippen LogP contribution in [-0.4, -0.2) is 21.2 Å². The van der Waals surface area contributed by atoms with Gasteiger partial charge in [-0.15, -0.1) is 11.3 Å². The highest BCUT2D eigenvalue weighted by molar-refractivity contribution is 9.11. The van der Waals surface area contributed by atoms with Crippen LogP contribution in [0.5, 0.6) is 0 Å². The van der Waals surface area contributed by atoms with Crippen molar-refractivity contribution in [2.24, 2.45) is 0 Å². The molecule has 0 spiro atoms. The molecule has 0 aliphatic carbocycles. The Kier molecular flexibility index (Phi) is 3.90. The van der Waals surface area contributed by atoms with Gasteiger partial charge in [0, 0.05) is 11.4 Å². The molecule has 0 bridgehead atoms. The lowest BCUT2D eigenvalue weighted by Crippen LogP contribution is -2.23. The molecule has 74 valence electrons. The Morgan fingerprint density at radius 2 is 2.23 bits per heavy atom. The largest absolute Gasteiger partial charge is 0.215 e. The van der Waals surface area contributed by atoms with E-state index >= 15 is 0 Å². The van der Waals surface area contributed by atoms with E-state index in [4.69, 9.17) is 0 Å². The van der Waals surface area contributed by atoms with Gasteiger partial charge in [0.05, 0.1) is 10.0 Å². The molecule has 0 unspecified atom stereocenters. The van der Waals surface area contributed by atoms with Gasteiger partial charge in [-0.3, -0.25) is 0 Å². The fourth-order valence-corrected chi connectivity index (χ4v) is 2.80. The van der Waals surface area contributed by atoms with Gasteiger partial charge in [0.1, 0.15) is 0 Å². The molecule has 3 nitrogen and oxygen atoms in total. The number of hydrogen-bond acceptors (Lipinski definition) is 3. The van der Waals surface area contributed by atoms with Gasteiger partial charge in [0.15, 0.2) is 0 Å². The average molecular weight is 284 g/mol. The second kappa shape index (κ2) is 4.54. The third kappa shape index (κ3) is 4.75. The van der Waals surface area contributed by atoms with E-state index in [1.807, 2.05) is 12.1 Å². The third-order valence-electron chi connectivity index (χ3n) is 1.36. The summed E-state index contributed by atoms with van der Waals surface area (Å²) in [4.78, 5) is 1.17. The molecule has 6 heteroatoms. The average Bonchev–Trinajstić information content (AvgIpc) is 2.33. The molecule has 1 aromatic heterocycles. The quantitative estimate of drug-likeness (QED) is 0.913. The minimum absolute atomic E-state index is 0.464. The minimum Gasteiger partial charge on any atom is -0.215 e. The maximum Gasteiger partial charge on any atom is 0.208 e. The topological polar surface area (TPSA) is 46.2 Å². The van der Waals surface area contributed by atoms with Crippen molar-refractivity contribution < 1.29 is 8.42 Å². The van der Waals surface area contributed by atoms with E-state index in [1.54, 1.807) is 11.3 Å². The molecule has 0 saturated carbocycles. The van der Waals surface area contributed by atoms with Crippen LogP contribution in [0.2, 0.25) is 0 Å². The molecule has 0 radical (unpaired) electrons. The zero-order valence-corrected chi connectivity index (χ0v) is 10.3. The Morgan fingerprint density at radius 1 is 1.54 bits per heavy atom. The monoisotopic (exact) mass is 283 g/mol. The lowest BCUT2D eigenvalue weighted by molar-refractivity contribution is 0.588.